The SMILES string of the molecule is CCCC1OC1CS(=O)(=O)[O-].[K+]. The van der Waals surface area contributed by atoms with Crippen molar-refractivity contribution in [1.29, 1.82) is 0 Å². The van der Waals surface area contributed by atoms with Crippen LogP contribution in [-0.2, 0) is 14.9 Å². The number of rotatable bonds is 4. The number of ether oxygens (including phenoxy) is 1. The van der Waals surface area contributed by atoms with E-state index in [1.807, 2.05) is 6.92 Å². The maximum atomic E-state index is 10.2. The molecule has 0 aromatic rings. The average molecular weight is 218 g/mol. The first-order valence-corrected chi connectivity index (χ1v) is 5.19. The van der Waals surface area contributed by atoms with Crippen LogP contribution in [0.25, 0.3) is 0 Å². The molecule has 1 aliphatic heterocycles. The van der Waals surface area contributed by atoms with Crippen LogP contribution < -0.4 is 51.4 Å². The molecule has 2 atom stereocenters. The molecule has 1 fully saturated rings. The van der Waals surface area contributed by atoms with Crippen LogP contribution in [0.5, 0.6) is 0 Å². The van der Waals surface area contributed by atoms with Crippen LogP contribution in [0.1, 0.15) is 19.8 Å². The summed E-state index contributed by atoms with van der Waals surface area (Å²) in [4.78, 5) is 0. The van der Waals surface area contributed by atoms with E-state index in [2.05, 4.69) is 0 Å². The number of epoxide rings is 1. The molecule has 0 radical (unpaired) electrons. The minimum Gasteiger partial charge on any atom is -0.748 e. The van der Waals surface area contributed by atoms with Gasteiger partial charge in [-0.25, -0.2) is 8.42 Å². The van der Waals surface area contributed by atoms with Gasteiger partial charge in [-0.2, -0.15) is 0 Å². The van der Waals surface area contributed by atoms with Gasteiger partial charge in [-0.15, -0.1) is 0 Å². The summed E-state index contributed by atoms with van der Waals surface area (Å²) >= 11 is 0. The van der Waals surface area contributed by atoms with Crippen molar-refractivity contribution < 1.29 is 69.1 Å². The molecule has 0 aromatic heterocycles. The van der Waals surface area contributed by atoms with E-state index in [0.717, 1.165) is 12.8 Å². The third kappa shape index (κ3) is 5.28. The van der Waals surface area contributed by atoms with Crippen molar-refractivity contribution in [2.24, 2.45) is 0 Å². The van der Waals surface area contributed by atoms with E-state index in [1.54, 1.807) is 0 Å². The standard InChI is InChI=1S/C6H12O4S.K/c1-2-3-5-6(10-5)4-11(7,8)9;/h5-6H,2-4H2,1H3,(H,7,8,9);/q;+1/p-1. The summed E-state index contributed by atoms with van der Waals surface area (Å²) in [7, 11) is -4.09. The Morgan fingerprint density at radius 3 is 2.42 bits per heavy atom. The summed E-state index contributed by atoms with van der Waals surface area (Å²) < 4.78 is 35.5. The second kappa shape index (κ2) is 5.40. The Labute approximate surface area is 115 Å². The van der Waals surface area contributed by atoms with Crippen molar-refractivity contribution in [3.63, 3.8) is 0 Å². The van der Waals surface area contributed by atoms with Crippen LogP contribution in [0.4, 0.5) is 0 Å². The first kappa shape index (κ1) is 13.5. The van der Waals surface area contributed by atoms with E-state index in [4.69, 9.17) is 4.74 Å². The Morgan fingerprint density at radius 2 is 2.00 bits per heavy atom. The third-order valence-electron chi connectivity index (χ3n) is 1.63. The first-order chi connectivity index (χ1) is 5.03. The molecule has 1 rings (SSSR count). The van der Waals surface area contributed by atoms with E-state index in [0.29, 0.717) is 0 Å². The van der Waals surface area contributed by atoms with Gasteiger partial charge in [0.1, 0.15) is 0 Å². The van der Waals surface area contributed by atoms with Gasteiger partial charge in [0.25, 0.3) is 0 Å². The molecular weight excluding hydrogens is 207 g/mol. The quantitative estimate of drug-likeness (QED) is 0.288. The van der Waals surface area contributed by atoms with E-state index < -0.39 is 10.1 Å². The van der Waals surface area contributed by atoms with E-state index in [9.17, 15) is 13.0 Å². The van der Waals surface area contributed by atoms with E-state index >= 15 is 0 Å². The van der Waals surface area contributed by atoms with Gasteiger partial charge in [0.2, 0.25) is 0 Å². The molecule has 6 heteroatoms. The molecule has 4 nitrogen and oxygen atoms in total. The van der Waals surface area contributed by atoms with Crippen LogP contribution in [-0.4, -0.2) is 30.9 Å². The molecule has 1 saturated heterocycles. The monoisotopic (exact) mass is 218 g/mol. The molecule has 66 valence electrons. The average Bonchev–Trinajstić information content (AvgIpc) is 2.44. The third-order valence-corrected chi connectivity index (χ3v) is 2.37. The van der Waals surface area contributed by atoms with Gasteiger partial charge in [-0.3, -0.25) is 0 Å². The zero-order valence-electron chi connectivity index (χ0n) is 7.32. The van der Waals surface area contributed by atoms with Crippen LogP contribution >= 0.6 is 0 Å². The van der Waals surface area contributed by atoms with Crippen LogP contribution in [0.3, 0.4) is 0 Å². The Morgan fingerprint density at radius 1 is 1.42 bits per heavy atom. The van der Waals surface area contributed by atoms with Gasteiger partial charge in [-0.05, 0) is 6.42 Å². The summed E-state index contributed by atoms with van der Waals surface area (Å²) in [6.45, 7) is 1.99. The molecular formula is C6H11KO4S. The number of hydrogen-bond acceptors (Lipinski definition) is 4. The normalized spacial score (nSPS) is 27.8. The number of hydrogen-bond donors (Lipinski definition) is 0. The smallest absolute Gasteiger partial charge is 0.748 e. The summed E-state index contributed by atoms with van der Waals surface area (Å²) in [6.07, 6.45) is 1.50. The van der Waals surface area contributed by atoms with E-state index in [-0.39, 0.29) is 69.3 Å². The molecule has 0 bridgehead atoms. The Balaban J connectivity index is 0.00000121. The molecule has 1 aliphatic rings. The first-order valence-electron chi connectivity index (χ1n) is 3.62. The van der Waals surface area contributed by atoms with Gasteiger partial charge in [-0.1, -0.05) is 13.3 Å². The predicted molar refractivity (Wildman–Crippen MR) is 38.1 cm³/mol. The summed E-state index contributed by atoms with van der Waals surface area (Å²) in [5.41, 5.74) is 0. The van der Waals surface area contributed by atoms with Crippen LogP contribution in [0.2, 0.25) is 0 Å². The van der Waals surface area contributed by atoms with Crippen molar-refractivity contribution in [2.75, 3.05) is 5.75 Å². The van der Waals surface area contributed by atoms with Crippen molar-refractivity contribution >= 4 is 10.1 Å². The van der Waals surface area contributed by atoms with Gasteiger partial charge in [0.05, 0.1) is 28.1 Å². The fourth-order valence-electron chi connectivity index (χ4n) is 1.07. The van der Waals surface area contributed by atoms with Crippen molar-refractivity contribution in [3.05, 3.63) is 0 Å². The zero-order chi connectivity index (χ0) is 8.48. The maximum absolute atomic E-state index is 10.2. The fourth-order valence-corrected chi connectivity index (χ4v) is 1.76. The molecule has 0 saturated carbocycles. The van der Waals surface area contributed by atoms with Crippen molar-refractivity contribution in [1.82, 2.24) is 0 Å². The van der Waals surface area contributed by atoms with Gasteiger partial charge >= 0.3 is 51.4 Å². The van der Waals surface area contributed by atoms with Crippen LogP contribution in [0, 0.1) is 0 Å². The minimum absolute atomic E-state index is 0. The molecule has 0 N–H and O–H groups in total. The maximum Gasteiger partial charge on any atom is 1.00 e. The molecule has 1 heterocycles. The van der Waals surface area contributed by atoms with Crippen molar-refractivity contribution in [2.45, 2.75) is 32.0 Å². The summed E-state index contributed by atoms with van der Waals surface area (Å²) in [5.74, 6) is -0.363. The largest absolute Gasteiger partial charge is 1.00 e. The van der Waals surface area contributed by atoms with E-state index in [1.165, 1.54) is 0 Å². The second-order valence-corrected chi connectivity index (χ2v) is 4.17. The Hall–Kier alpha value is 1.51. The molecule has 12 heavy (non-hydrogen) atoms. The minimum atomic E-state index is -4.09. The molecule has 0 aliphatic carbocycles. The molecule has 0 spiro atoms. The Bertz CT molecular complexity index is 226. The van der Waals surface area contributed by atoms with Crippen LogP contribution in [0.15, 0.2) is 0 Å². The molecule has 2 unspecified atom stereocenters. The molecule has 0 aromatic carbocycles. The van der Waals surface area contributed by atoms with Crippen molar-refractivity contribution in [3.8, 4) is 0 Å². The summed E-state index contributed by atoms with van der Waals surface area (Å²) in [6, 6.07) is 0. The topological polar surface area (TPSA) is 69.7 Å². The molecule has 0 amide bonds. The van der Waals surface area contributed by atoms with Gasteiger partial charge in [0.15, 0.2) is 0 Å². The van der Waals surface area contributed by atoms with Gasteiger partial charge < -0.3 is 9.29 Å². The second-order valence-electron chi connectivity index (χ2n) is 2.73. The summed E-state index contributed by atoms with van der Waals surface area (Å²) in [5, 5.41) is 0. The fraction of sp³-hybridized carbons (Fsp3) is 1.00. The Kier molecular flexibility index (Phi) is 6.08. The predicted octanol–water partition coefficient (Wildman–Crippen LogP) is -2.90. The zero-order valence-corrected chi connectivity index (χ0v) is 11.3. The van der Waals surface area contributed by atoms with Gasteiger partial charge in [0, 0.05) is 0 Å².